The van der Waals surface area contributed by atoms with E-state index in [0.29, 0.717) is 6.04 Å². The summed E-state index contributed by atoms with van der Waals surface area (Å²) < 4.78 is 7.35. The van der Waals surface area contributed by atoms with Gasteiger partial charge >= 0.3 is 0 Å². The Morgan fingerprint density at radius 3 is 2.72 bits per heavy atom. The van der Waals surface area contributed by atoms with E-state index in [1.807, 2.05) is 11.7 Å². The predicted molar refractivity (Wildman–Crippen MR) is 72.5 cm³/mol. The second-order valence-corrected chi connectivity index (χ2v) is 5.32. The first-order valence-corrected chi connectivity index (χ1v) is 6.60. The minimum absolute atomic E-state index is 0.121. The van der Waals surface area contributed by atoms with Gasteiger partial charge in [0, 0.05) is 26.6 Å². The minimum atomic E-state index is -0.121. The van der Waals surface area contributed by atoms with Crippen molar-refractivity contribution in [2.75, 3.05) is 13.7 Å². The number of aromatic nitrogens is 3. The molecule has 0 aliphatic rings. The fraction of sp³-hybridized carbons (Fsp3) is 0.846. The summed E-state index contributed by atoms with van der Waals surface area (Å²) in [5.41, 5.74) is -0.121. The van der Waals surface area contributed by atoms with Crippen molar-refractivity contribution < 1.29 is 4.74 Å². The molecule has 0 saturated heterocycles. The first kappa shape index (κ1) is 15.1. The number of ether oxygens (including phenoxy) is 1. The number of hydrogen-bond acceptors (Lipinski definition) is 4. The summed E-state index contributed by atoms with van der Waals surface area (Å²) in [5.74, 6) is 1.01. The Labute approximate surface area is 110 Å². The molecular weight excluding hydrogens is 228 g/mol. The van der Waals surface area contributed by atoms with Crippen LogP contribution in [0.4, 0.5) is 0 Å². The topological polar surface area (TPSA) is 52.0 Å². The molecule has 1 unspecified atom stereocenters. The third kappa shape index (κ3) is 4.74. The Morgan fingerprint density at radius 2 is 2.22 bits per heavy atom. The quantitative estimate of drug-likeness (QED) is 0.764. The van der Waals surface area contributed by atoms with Crippen LogP contribution in [0.15, 0.2) is 6.33 Å². The van der Waals surface area contributed by atoms with Gasteiger partial charge in [-0.1, -0.05) is 6.92 Å². The van der Waals surface area contributed by atoms with E-state index in [0.717, 1.165) is 31.6 Å². The van der Waals surface area contributed by atoms with Crippen molar-refractivity contribution in [1.82, 2.24) is 20.1 Å². The zero-order chi connectivity index (χ0) is 13.6. The van der Waals surface area contributed by atoms with E-state index < -0.39 is 0 Å². The maximum absolute atomic E-state index is 5.51. The van der Waals surface area contributed by atoms with Crippen molar-refractivity contribution >= 4 is 0 Å². The zero-order valence-corrected chi connectivity index (χ0v) is 12.2. The summed E-state index contributed by atoms with van der Waals surface area (Å²) in [4.78, 5) is 4.29. The third-order valence-corrected chi connectivity index (χ3v) is 3.21. The smallest absolute Gasteiger partial charge is 0.138 e. The molecule has 0 bridgehead atoms. The molecular formula is C13H26N4O. The monoisotopic (exact) mass is 254 g/mol. The molecule has 0 aromatic carbocycles. The van der Waals surface area contributed by atoms with Crippen LogP contribution in [0.3, 0.4) is 0 Å². The molecule has 1 heterocycles. The second-order valence-electron chi connectivity index (χ2n) is 5.32. The van der Waals surface area contributed by atoms with Crippen LogP contribution in [0, 0.1) is 0 Å². The van der Waals surface area contributed by atoms with Crippen molar-refractivity contribution in [2.45, 2.75) is 51.7 Å². The van der Waals surface area contributed by atoms with Crippen LogP contribution in [0.1, 0.15) is 39.4 Å². The summed E-state index contributed by atoms with van der Waals surface area (Å²) >= 11 is 0. The molecule has 0 saturated carbocycles. The molecule has 1 atom stereocenters. The van der Waals surface area contributed by atoms with Gasteiger partial charge in [-0.25, -0.2) is 4.98 Å². The molecule has 1 rings (SSSR count). The van der Waals surface area contributed by atoms with Crippen molar-refractivity contribution in [3.63, 3.8) is 0 Å². The van der Waals surface area contributed by atoms with E-state index in [1.54, 1.807) is 13.4 Å². The molecule has 0 spiro atoms. The lowest BCUT2D eigenvalue weighted by molar-refractivity contribution is 0.00693. The third-order valence-electron chi connectivity index (χ3n) is 3.21. The maximum atomic E-state index is 5.51. The van der Waals surface area contributed by atoms with Crippen LogP contribution in [-0.2, 0) is 18.2 Å². The standard InChI is InChI=1S/C13H26N4O/c1-6-7-14-11(9-13(2,3)18-5)8-12-15-10-16-17(12)4/h10-11,14H,6-9H2,1-5H3. The largest absolute Gasteiger partial charge is 0.379 e. The average Bonchev–Trinajstić information content (AvgIpc) is 2.72. The van der Waals surface area contributed by atoms with E-state index in [9.17, 15) is 0 Å². The van der Waals surface area contributed by atoms with E-state index in [2.05, 4.69) is 36.2 Å². The van der Waals surface area contributed by atoms with Crippen molar-refractivity contribution in [2.24, 2.45) is 7.05 Å². The number of nitrogens with one attached hydrogen (secondary N) is 1. The lowest BCUT2D eigenvalue weighted by atomic mass is 9.96. The Bertz CT molecular complexity index is 349. The highest BCUT2D eigenvalue weighted by molar-refractivity contribution is 4.91. The van der Waals surface area contributed by atoms with Gasteiger partial charge < -0.3 is 10.1 Å². The van der Waals surface area contributed by atoms with Crippen LogP contribution in [-0.4, -0.2) is 40.1 Å². The summed E-state index contributed by atoms with van der Waals surface area (Å²) in [6.45, 7) is 7.42. The van der Waals surface area contributed by atoms with Crippen LogP contribution in [0.25, 0.3) is 0 Å². The predicted octanol–water partition coefficient (Wildman–Crippen LogP) is 1.54. The summed E-state index contributed by atoms with van der Waals surface area (Å²) in [5, 5.41) is 7.68. The minimum Gasteiger partial charge on any atom is -0.379 e. The molecule has 18 heavy (non-hydrogen) atoms. The fourth-order valence-electron chi connectivity index (χ4n) is 1.97. The van der Waals surface area contributed by atoms with E-state index in [1.165, 1.54) is 0 Å². The van der Waals surface area contributed by atoms with Gasteiger partial charge in [-0.3, -0.25) is 4.68 Å². The fourth-order valence-corrected chi connectivity index (χ4v) is 1.97. The number of rotatable bonds is 8. The zero-order valence-electron chi connectivity index (χ0n) is 12.2. The molecule has 5 heteroatoms. The summed E-state index contributed by atoms with van der Waals surface area (Å²) in [6.07, 6.45) is 4.57. The number of hydrogen-bond donors (Lipinski definition) is 1. The Hall–Kier alpha value is -0.940. The van der Waals surface area contributed by atoms with Gasteiger partial charge in [0.1, 0.15) is 12.2 Å². The van der Waals surface area contributed by atoms with Gasteiger partial charge in [-0.05, 0) is 33.2 Å². The van der Waals surface area contributed by atoms with Crippen molar-refractivity contribution in [3.8, 4) is 0 Å². The van der Waals surface area contributed by atoms with Crippen LogP contribution in [0.2, 0.25) is 0 Å². The van der Waals surface area contributed by atoms with Gasteiger partial charge in [0.25, 0.3) is 0 Å². The lowest BCUT2D eigenvalue weighted by Crippen LogP contribution is -2.40. The molecule has 1 N–H and O–H groups in total. The molecule has 1 aromatic rings. The number of aryl methyl sites for hydroxylation is 1. The SMILES string of the molecule is CCCNC(Cc1ncnn1C)CC(C)(C)OC. The average molecular weight is 254 g/mol. The molecule has 0 fully saturated rings. The van der Waals surface area contributed by atoms with E-state index in [-0.39, 0.29) is 5.60 Å². The van der Waals surface area contributed by atoms with Crippen LogP contribution in [0.5, 0.6) is 0 Å². The molecule has 5 nitrogen and oxygen atoms in total. The van der Waals surface area contributed by atoms with E-state index in [4.69, 9.17) is 4.74 Å². The summed E-state index contributed by atoms with van der Waals surface area (Å²) in [7, 11) is 3.69. The number of nitrogens with zero attached hydrogens (tertiary/aromatic N) is 3. The Morgan fingerprint density at radius 1 is 1.50 bits per heavy atom. The van der Waals surface area contributed by atoms with Gasteiger partial charge in [-0.2, -0.15) is 5.10 Å². The molecule has 104 valence electrons. The van der Waals surface area contributed by atoms with Gasteiger partial charge in [0.05, 0.1) is 5.60 Å². The summed E-state index contributed by atoms with van der Waals surface area (Å²) in [6, 6.07) is 0.364. The van der Waals surface area contributed by atoms with Gasteiger partial charge in [0.2, 0.25) is 0 Å². The van der Waals surface area contributed by atoms with Gasteiger partial charge in [-0.15, -0.1) is 0 Å². The first-order valence-electron chi connectivity index (χ1n) is 6.60. The van der Waals surface area contributed by atoms with Gasteiger partial charge in [0.15, 0.2) is 0 Å². The van der Waals surface area contributed by atoms with Crippen LogP contribution >= 0.6 is 0 Å². The molecule has 0 aliphatic heterocycles. The highest BCUT2D eigenvalue weighted by Crippen LogP contribution is 2.17. The normalized spacial score (nSPS) is 13.8. The highest BCUT2D eigenvalue weighted by atomic mass is 16.5. The van der Waals surface area contributed by atoms with Crippen LogP contribution < -0.4 is 5.32 Å². The molecule has 0 radical (unpaired) electrons. The first-order chi connectivity index (χ1) is 8.48. The Balaban J connectivity index is 2.63. The molecule has 0 amide bonds. The number of methoxy groups -OCH3 is 1. The van der Waals surface area contributed by atoms with Crippen molar-refractivity contribution in [1.29, 1.82) is 0 Å². The van der Waals surface area contributed by atoms with E-state index >= 15 is 0 Å². The molecule has 0 aliphatic carbocycles. The Kier molecular flexibility index (Phi) is 5.75. The lowest BCUT2D eigenvalue weighted by Gasteiger charge is -2.29. The highest BCUT2D eigenvalue weighted by Gasteiger charge is 2.23. The second kappa shape index (κ2) is 6.85. The van der Waals surface area contributed by atoms with Crippen molar-refractivity contribution in [3.05, 3.63) is 12.2 Å². The molecule has 1 aromatic heterocycles. The maximum Gasteiger partial charge on any atom is 0.138 e.